The normalized spacial score (nSPS) is 55.5. The van der Waals surface area contributed by atoms with E-state index >= 15 is 0 Å². The first-order valence-electron chi connectivity index (χ1n) is 6.44. The Kier molecular flexibility index (Phi) is 2.25. The van der Waals surface area contributed by atoms with Gasteiger partial charge in [0.1, 0.15) is 12.2 Å². The highest BCUT2D eigenvalue weighted by atomic mass is 16.6. The van der Waals surface area contributed by atoms with E-state index in [2.05, 4.69) is 0 Å². The Balaban J connectivity index is 1.33. The molecule has 4 nitrogen and oxygen atoms in total. The molecule has 0 aromatic carbocycles. The zero-order valence-electron chi connectivity index (χ0n) is 9.34. The minimum absolute atomic E-state index is 0.304. The molecular formula is C12H18O4. The van der Waals surface area contributed by atoms with E-state index in [4.69, 9.17) is 18.9 Å². The van der Waals surface area contributed by atoms with E-state index in [9.17, 15) is 0 Å². The molecule has 0 N–H and O–H groups in total. The van der Waals surface area contributed by atoms with Gasteiger partial charge in [-0.2, -0.15) is 0 Å². The van der Waals surface area contributed by atoms with Crippen molar-refractivity contribution in [3.8, 4) is 0 Å². The topological polar surface area (TPSA) is 43.5 Å². The average molecular weight is 226 g/mol. The molecular weight excluding hydrogens is 208 g/mol. The summed E-state index contributed by atoms with van der Waals surface area (Å²) in [6, 6.07) is 0. The molecule has 4 fully saturated rings. The van der Waals surface area contributed by atoms with E-state index in [0.29, 0.717) is 36.6 Å². The maximum Gasteiger partial charge on any atom is 0.107 e. The summed E-state index contributed by atoms with van der Waals surface area (Å²) in [7, 11) is 0. The van der Waals surface area contributed by atoms with Crippen LogP contribution in [-0.2, 0) is 18.9 Å². The van der Waals surface area contributed by atoms with Crippen LogP contribution in [-0.4, -0.2) is 49.8 Å². The van der Waals surface area contributed by atoms with Crippen molar-refractivity contribution in [2.45, 2.75) is 62.3 Å². The Morgan fingerprint density at radius 2 is 0.812 bits per heavy atom. The van der Waals surface area contributed by atoms with Gasteiger partial charge in [-0.05, 0) is 25.7 Å². The second kappa shape index (κ2) is 3.67. The van der Waals surface area contributed by atoms with E-state index in [1.54, 1.807) is 0 Å². The lowest BCUT2D eigenvalue weighted by Crippen LogP contribution is -2.29. The third-order valence-corrected chi connectivity index (χ3v) is 4.13. The van der Waals surface area contributed by atoms with E-state index in [1.807, 2.05) is 0 Å². The second-order valence-electron chi connectivity index (χ2n) is 5.32. The van der Waals surface area contributed by atoms with E-state index in [-0.39, 0.29) is 0 Å². The Hall–Kier alpha value is -0.160. The highest BCUT2D eigenvalue weighted by molar-refractivity contribution is 4.93. The number of hydrogen-bond donors (Lipinski definition) is 0. The van der Waals surface area contributed by atoms with Crippen molar-refractivity contribution in [2.24, 2.45) is 0 Å². The number of ether oxygens (including phenoxy) is 4. The van der Waals surface area contributed by atoms with Crippen molar-refractivity contribution < 1.29 is 18.9 Å². The van der Waals surface area contributed by atoms with Crippen LogP contribution in [0.2, 0.25) is 0 Å². The van der Waals surface area contributed by atoms with Crippen LogP contribution >= 0.6 is 0 Å². The third-order valence-electron chi connectivity index (χ3n) is 4.13. The van der Waals surface area contributed by atoms with Gasteiger partial charge >= 0.3 is 0 Å². The van der Waals surface area contributed by atoms with Crippen LogP contribution < -0.4 is 0 Å². The van der Waals surface area contributed by atoms with Crippen molar-refractivity contribution in [1.82, 2.24) is 0 Å². The van der Waals surface area contributed by atoms with Gasteiger partial charge in [0.2, 0.25) is 0 Å². The summed E-state index contributed by atoms with van der Waals surface area (Å²) >= 11 is 0. The van der Waals surface area contributed by atoms with Crippen LogP contribution in [0, 0.1) is 0 Å². The fraction of sp³-hybridized carbons (Fsp3) is 1.00. The Labute approximate surface area is 95.2 Å². The maximum atomic E-state index is 6.03. The fourth-order valence-corrected chi connectivity index (χ4v) is 3.01. The molecule has 4 aliphatic heterocycles. The highest BCUT2D eigenvalue weighted by Gasteiger charge is 2.46. The first-order valence-corrected chi connectivity index (χ1v) is 6.44. The van der Waals surface area contributed by atoms with E-state index < -0.39 is 0 Å². The van der Waals surface area contributed by atoms with Crippen LogP contribution in [0.25, 0.3) is 0 Å². The predicted octanol–water partition coefficient (Wildman–Crippen LogP) is 0.879. The summed E-state index contributed by atoms with van der Waals surface area (Å²) in [5, 5.41) is 0. The van der Waals surface area contributed by atoms with Crippen molar-refractivity contribution in [1.29, 1.82) is 0 Å². The zero-order chi connectivity index (χ0) is 10.5. The van der Waals surface area contributed by atoms with Gasteiger partial charge in [-0.25, -0.2) is 0 Å². The largest absolute Gasteiger partial charge is 0.370 e. The summed E-state index contributed by atoms with van der Waals surface area (Å²) < 4.78 is 22.6. The van der Waals surface area contributed by atoms with Crippen molar-refractivity contribution in [3.63, 3.8) is 0 Å². The molecule has 6 atom stereocenters. The molecule has 0 aromatic heterocycles. The lowest BCUT2D eigenvalue weighted by atomic mass is 10.1. The summed E-state index contributed by atoms with van der Waals surface area (Å²) in [5.41, 5.74) is 0. The molecule has 4 aliphatic rings. The van der Waals surface area contributed by atoms with Crippen LogP contribution in [0.1, 0.15) is 25.7 Å². The first-order chi connectivity index (χ1) is 7.90. The Morgan fingerprint density at radius 1 is 0.500 bits per heavy atom. The van der Waals surface area contributed by atoms with Crippen LogP contribution in [0.15, 0.2) is 0 Å². The minimum atomic E-state index is 0.304. The smallest absolute Gasteiger partial charge is 0.107 e. The van der Waals surface area contributed by atoms with Gasteiger partial charge in [-0.1, -0.05) is 0 Å². The van der Waals surface area contributed by atoms with Gasteiger partial charge < -0.3 is 18.9 Å². The molecule has 0 radical (unpaired) electrons. The van der Waals surface area contributed by atoms with E-state index in [1.165, 1.54) is 0 Å². The van der Waals surface area contributed by atoms with Crippen molar-refractivity contribution in [2.75, 3.05) is 13.2 Å². The van der Waals surface area contributed by atoms with Gasteiger partial charge in [0.25, 0.3) is 0 Å². The summed E-state index contributed by atoms with van der Waals surface area (Å²) in [4.78, 5) is 0. The molecule has 4 rings (SSSR count). The highest BCUT2D eigenvalue weighted by Crippen LogP contribution is 2.37. The number of hydrogen-bond acceptors (Lipinski definition) is 4. The van der Waals surface area contributed by atoms with Gasteiger partial charge in [0.15, 0.2) is 0 Å². The van der Waals surface area contributed by atoms with Gasteiger partial charge in [0, 0.05) is 0 Å². The van der Waals surface area contributed by atoms with Gasteiger partial charge in [0.05, 0.1) is 37.6 Å². The second-order valence-corrected chi connectivity index (χ2v) is 5.32. The number of epoxide rings is 2. The van der Waals surface area contributed by atoms with Crippen molar-refractivity contribution >= 4 is 0 Å². The molecule has 0 aromatic rings. The standard InChI is InChI=1S/C12H18O4/c1-3-9(11-5-13-11)15-7(1)8-2-4-10(16-8)12-6-14-12/h7-12H,1-6H2/t7-,8-,9-,10-,11?,12?/m0/s1. The molecule has 0 aliphatic carbocycles. The lowest BCUT2D eigenvalue weighted by Gasteiger charge is -2.19. The third kappa shape index (κ3) is 1.78. The Bertz CT molecular complexity index is 246. The SMILES string of the molecule is C1OC1[C@@H]1CC[C@@H]([C@@H]2CC[C@@H](C3CO3)O2)O1. The molecule has 16 heavy (non-hydrogen) atoms. The monoisotopic (exact) mass is 226 g/mol. The molecule has 0 amide bonds. The van der Waals surface area contributed by atoms with Gasteiger partial charge in [-0.15, -0.1) is 0 Å². The quantitative estimate of drug-likeness (QED) is 0.670. The molecule has 90 valence electrons. The van der Waals surface area contributed by atoms with Crippen molar-refractivity contribution in [3.05, 3.63) is 0 Å². The first kappa shape index (κ1) is 9.83. The van der Waals surface area contributed by atoms with E-state index in [0.717, 1.165) is 38.9 Å². The Morgan fingerprint density at radius 3 is 1.12 bits per heavy atom. The van der Waals surface area contributed by atoms with Crippen LogP contribution in [0.4, 0.5) is 0 Å². The fourth-order valence-electron chi connectivity index (χ4n) is 3.01. The molecule has 0 saturated carbocycles. The minimum Gasteiger partial charge on any atom is -0.370 e. The molecule has 0 spiro atoms. The molecule has 4 saturated heterocycles. The van der Waals surface area contributed by atoms with Gasteiger partial charge in [-0.3, -0.25) is 0 Å². The lowest BCUT2D eigenvalue weighted by molar-refractivity contribution is -0.0732. The van der Waals surface area contributed by atoms with Crippen LogP contribution in [0.5, 0.6) is 0 Å². The zero-order valence-corrected chi connectivity index (χ0v) is 9.34. The summed E-state index contributed by atoms with van der Waals surface area (Å²) in [6.45, 7) is 1.78. The molecule has 4 heterocycles. The summed E-state index contributed by atoms with van der Waals surface area (Å²) in [5.74, 6) is 0. The maximum absolute atomic E-state index is 6.03. The molecule has 2 unspecified atom stereocenters. The molecule has 4 heteroatoms. The molecule has 0 bridgehead atoms. The summed E-state index contributed by atoms with van der Waals surface area (Å²) in [6.07, 6.45) is 6.59. The number of rotatable bonds is 3. The average Bonchev–Trinajstić information content (AvgIpc) is 3.23. The predicted molar refractivity (Wildman–Crippen MR) is 55.3 cm³/mol. The van der Waals surface area contributed by atoms with Crippen LogP contribution in [0.3, 0.4) is 0 Å².